The lowest BCUT2D eigenvalue weighted by Crippen LogP contribution is -2.35. The number of nitrogens with two attached hydrogens (primary N) is 1. The molecule has 1 fully saturated rings. The first-order valence-corrected chi connectivity index (χ1v) is 7.41. The topological polar surface area (TPSA) is 84.7 Å². The fourth-order valence-electron chi connectivity index (χ4n) is 2.27. The van der Waals surface area contributed by atoms with E-state index in [0.29, 0.717) is 17.2 Å². The van der Waals surface area contributed by atoms with Gasteiger partial charge in [0.2, 0.25) is 5.91 Å². The first kappa shape index (κ1) is 14.6. The number of amides is 1. The molecule has 0 radical (unpaired) electrons. The number of hydrogen-bond acceptors (Lipinski definition) is 6. The largest absolute Gasteiger partial charge is 0.462 e. The highest BCUT2D eigenvalue weighted by Gasteiger charge is 2.26. The minimum atomic E-state index is -0.376. The van der Waals surface area contributed by atoms with Crippen molar-refractivity contribution in [2.24, 2.45) is 0 Å². The van der Waals surface area contributed by atoms with Gasteiger partial charge >= 0.3 is 5.97 Å². The van der Waals surface area contributed by atoms with Crippen molar-refractivity contribution in [2.45, 2.75) is 26.3 Å². The number of esters is 1. The van der Waals surface area contributed by atoms with Gasteiger partial charge in [-0.25, -0.2) is 4.79 Å². The zero-order chi connectivity index (χ0) is 14.7. The Kier molecular flexibility index (Phi) is 4.49. The van der Waals surface area contributed by atoms with E-state index < -0.39 is 0 Å². The van der Waals surface area contributed by atoms with Crippen LogP contribution in [0.1, 0.15) is 29.9 Å². The summed E-state index contributed by atoms with van der Waals surface area (Å²) in [6, 6.07) is 1.95. The van der Waals surface area contributed by atoms with Crippen LogP contribution in [0.4, 0.5) is 10.7 Å². The molecule has 1 aliphatic heterocycles. The molecule has 2 rings (SSSR count). The SMILES string of the molecule is CCOC(=O)c1sc(N2CCC(NC(C)=O)C2)cc1N. The second-order valence-electron chi connectivity index (χ2n) is 4.72. The highest BCUT2D eigenvalue weighted by Crippen LogP contribution is 2.34. The number of anilines is 2. The average molecular weight is 297 g/mol. The van der Waals surface area contributed by atoms with Crippen molar-refractivity contribution in [3.63, 3.8) is 0 Å². The summed E-state index contributed by atoms with van der Waals surface area (Å²) in [7, 11) is 0. The Morgan fingerprint density at radius 3 is 3.00 bits per heavy atom. The van der Waals surface area contributed by atoms with E-state index in [4.69, 9.17) is 10.5 Å². The number of carbonyl (C=O) groups excluding carboxylic acids is 2. The second-order valence-corrected chi connectivity index (χ2v) is 5.75. The molecule has 0 bridgehead atoms. The molecule has 0 saturated carbocycles. The average Bonchev–Trinajstić information content (AvgIpc) is 2.95. The van der Waals surface area contributed by atoms with Gasteiger partial charge < -0.3 is 20.7 Å². The maximum absolute atomic E-state index is 11.7. The third-order valence-electron chi connectivity index (χ3n) is 3.12. The Morgan fingerprint density at radius 1 is 1.60 bits per heavy atom. The van der Waals surface area contributed by atoms with Crippen LogP contribution in [0.2, 0.25) is 0 Å². The van der Waals surface area contributed by atoms with Crippen molar-refractivity contribution in [3.8, 4) is 0 Å². The van der Waals surface area contributed by atoms with Gasteiger partial charge in [0.15, 0.2) is 0 Å². The summed E-state index contributed by atoms with van der Waals surface area (Å²) in [5.41, 5.74) is 6.32. The summed E-state index contributed by atoms with van der Waals surface area (Å²) in [6.07, 6.45) is 0.895. The van der Waals surface area contributed by atoms with Crippen LogP contribution in [0.15, 0.2) is 6.07 Å². The predicted molar refractivity (Wildman–Crippen MR) is 79.1 cm³/mol. The molecule has 110 valence electrons. The normalized spacial score (nSPS) is 18.1. The van der Waals surface area contributed by atoms with Gasteiger partial charge in [-0.05, 0) is 19.4 Å². The number of carbonyl (C=O) groups is 2. The van der Waals surface area contributed by atoms with Crippen LogP contribution in [0.25, 0.3) is 0 Å². The van der Waals surface area contributed by atoms with Gasteiger partial charge in [-0.15, -0.1) is 11.3 Å². The van der Waals surface area contributed by atoms with Crippen LogP contribution in [-0.4, -0.2) is 37.6 Å². The molecular formula is C13H19N3O3S. The Labute approximate surface area is 121 Å². The van der Waals surface area contributed by atoms with E-state index in [-0.39, 0.29) is 17.9 Å². The fourth-order valence-corrected chi connectivity index (χ4v) is 3.28. The Bertz CT molecular complexity index is 515. The minimum absolute atomic E-state index is 0.0187. The quantitative estimate of drug-likeness (QED) is 0.816. The smallest absolute Gasteiger partial charge is 0.350 e. The maximum Gasteiger partial charge on any atom is 0.350 e. The highest BCUT2D eigenvalue weighted by molar-refractivity contribution is 7.18. The Balaban J connectivity index is 2.05. The molecule has 1 saturated heterocycles. The molecular weight excluding hydrogens is 278 g/mol. The zero-order valence-corrected chi connectivity index (χ0v) is 12.5. The van der Waals surface area contributed by atoms with Gasteiger partial charge in [-0.3, -0.25) is 4.79 Å². The van der Waals surface area contributed by atoms with Crippen molar-refractivity contribution < 1.29 is 14.3 Å². The molecule has 1 unspecified atom stereocenters. The van der Waals surface area contributed by atoms with Crippen molar-refractivity contribution in [2.75, 3.05) is 30.3 Å². The predicted octanol–water partition coefficient (Wildman–Crippen LogP) is 1.22. The molecule has 20 heavy (non-hydrogen) atoms. The van der Waals surface area contributed by atoms with E-state index in [1.54, 1.807) is 13.0 Å². The molecule has 1 aromatic heterocycles. The standard InChI is InChI=1S/C13H19N3O3S/c1-3-19-13(18)12-10(14)6-11(20-12)16-5-4-9(7-16)15-8(2)17/h6,9H,3-5,7,14H2,1-2H3,(H,15,17). The zero-order valence-electron chi connectivity index (χ0n) is 11.6. The molecule has 3 N–H and O–H groups in total. The molecule has 0 aromatic carbocycles. The maximum atomic E-state index is 11.7. The molecule has 2 heterocycles. The molecule has 0 spiro atoms. The number of ether oxygens (including phenoxy) is 1. The summed E-state index contributed by atoms with van der Waals surface area (Å²) in [5, 5.41) is 3.85. The van der Waals surface area contributed by atoms with Gasteiger partial charge in [0.1, 0.15) is 4.88 Å². The fraction of sp³-hybridized carbons (Fsp3) is 0.538. The lowest BCUT2D eigenvalue weighted by molar-refractivity contribution is -0.119. The summed E-state index contributed by atoms with van der Waals surface area (Å²) < 4.78 is 4.97. The lowest BCUT2D eigenvalue weighted by Gasteiger charge is -2.16. The molecule has 6 nitrogen and oxygen atoms in total. The van der Waals surface area contributed by atoms with Crippen LogP contribution in [-0.2, 0) is 9.53 Å². The van der Waals surface area contributed by atoms with Gasteiger partial charge in [0.25, 0.3) is 0 Å². The molecule has 1 aliphatic rings. The van der Waals surface area contributed by atoms with E-state index in [1.165, 1.54) is 18.3 Å². The van der Waals surface area contributed by atoms with E-state index in [2.05, 4.69) is 10.2 Å². The van der Waals surface area contributed by atoms with E-state index in [9.17, 15) is 9.59 Å². The lowest BCUT2D eigenvalue weighted by atomic mass is 10.3. The van der Waals surface area contributed by atoms with E-state index in [0.717, 1.165) is 24.5 Å². The van der Waals surface area contributed by atoms with Crippen molar-refractivity contribution in [1.82, 2.24) is 5.32 Å². The van der Waals surface area contributed by atoms with Crippen LogP contribution < -0.4 is 16.0 Å². The number of nitrogens with one attached hydrogen (secondary N) is 1. The van der Waals surface area contributed by atoms with E-state index >= 15 is 0 Å². The second kappa shape index (κ2) is 6.13. The number of hydrogen-bond donors (Lipinski definition) is 2. The van der Waals surface area contributed by atoms with Crippen LogP contribution >= 0.6 is 11.3 Å². The molecule has 1 aromatic rings. The van der Waals surface area contributed by atoms with Gasteiger partial charge in [-0.2, -0.15) is 0 Å². The monoisotopic (exact) mass is 297 g/mol. The summed E-state index contributed by atoms with van der Waals surface area (Å²) in [4.78, 5) is 25.4. The minimum Gasteiger partial charge on any atom is -0.462 e. The van der Waals surface area contributed by atoms with Crippen LogP contribution in [0.5, 0.6) is 0 Å². The van der Waals surface area contributed by atoms with Crippen LogP contribution in [0, 0.1) is 0 Å². The van der Waals surface area contributed by atoms with Crippen LogP contribution in [0.3, 0.4) is 0 Å². The summed E-state index contributed by atoms with van der Waals surface area (Å²) >= 11 is 1.34. The number of rotatable bonds is 4. The van der Waals surface area contributed by atoms with Gasteiger partial charge in [-0.1, -0.05) is 0 Å². The third-order valence-corrected chi connectivity index (χ3v) is 4.31. The molecule has 1 amide bonds. The third kappa shape index (κ3) is 3.22. The summed E-state index contributed by atoms with van der Waals surface area (Å²) in [6.45, 7) is 5.19. The number of nitrogens with zero attached hydrogens (tertiary/aromatic N) is 1. The molecule has 7 heteroatoms. The van der Waals surface area contributed by atoms with Gasteiger partial charge in [0, 0.05) is 26.1 Å². The van der Waals surface area contributed by atoms with E-state index in [1.807, 2.05) is 0 Å². The number of thiophene rings is 1. The molecule has 0 aliphatic carbocycles. The molecule has 1 atom stereocenters. The summed E-state index contributed by atoms with van der Waals surface area (Å²) in [5.74, 6) is -0.395. The Hall–Kier alpha value is -1.76. The number of nitrogen functional groups attached to an aromatic ring is 1. The first-order chi connectivity index (χ1) is 9.51. The highest BCUT2D eigenvalue weighted by atomic mass is 32.1. The first-order valence-electron chi connectivity index (χ1n) is 6.59. The Morgan fingerprint density at radius 2 is 2.35 bits per heavy atom. The van der Waals surface area contributed by atoms with Crippen molar-refractivity contribution in [1.29, 1.82) is 0 Å². The van der Waals surface area contributed by atoms with Gasteiger partial charge in [0.05, 0.1) is 17.3 Å². The van der Waals surface area contributed by atoms with Crippen molar-refractivity contribution >= 4 is 33.9 Å². The van der Waals surface area contributed by atoms with Crippen molar-refractivity contribution in [3.05, 3.63) is 10.9 Å².